The minimum Gasteiger partial charge on any atom is -0.352 e. The molecule has 0 aliphatic rings. The van der Waals surface area contributed by atoms with E-state index in [0.717, 1.165) is 10.7 Å². The van der Waals surface area contributed by atoms with Crippen molar-refractivity contribution in [3.63, 3.8) is 0 Å². The molecule has 1 N–H and O–H groups in total. The molecule has 0 atom stereocenters. The molecular weight excluding hydrogens is 367 g/mol. The van der Waals surface area contributed by atoms with Crippen LogP contribution in [0.15, 0.2) is 47.4 Å². The first kappa shape index (κ1) is 21.1. The van der Waals surface area contributed by atoms with E-state index >= 15 is 0 Å². The molecule has 2 rings (SSSR count). The number of unbranched alkanes of at least 4 members (excludes halogenated alkanes) is 1. The molecule has 0 aliphatic heterocycles. The predicted octanol–water partition coefficient (Wildman–Crippen LogP) is 3.14. The second-order valence-corrected chi connectivity index (χ2v) is 8.69. The quantitative estimate of drug-likeness (QED) is 0.702. The van der Waals surface area contributed by atoms with Gasteiger partial charge < -0.3 is 5.32 Å². The van der Waals surface area contributed by atoms with Gasteiger partial charge in [-0.15, -0.1) is 0 Å². The number of sulfonamides is 1. The Morgan fingerprint density at radius 2 is 1.81 bits per heavy atom. The van der Waals surface area contributed by atoms with Crippen molar-refractivity contribution in [2.45, 2.75) is 31.1 Å². The summed E-state index contributed by atoms with van der Waals surface area (Å²) in [5.41, 5.74) is 1.56. The highest BCUT2D eigenvalue weighted by atomic mass is 32.2. The van der Waals surface area contributed by atoms with E-state index in [1.54, 1.807) is 37.3 Å². The smallest absolute Gasteiger partial charge is 0.251 e. The third-order valence-corrected chi connectivity index (χ3v) is 6.28. The summed E-state index contributed by atoms with van der Waals surface area (Å²) in [5.74, 6) is -0.535. The molecule has 146 valence electrons. The van der Waals surface area contributed by atoms with Gasteiger partial charge in [0, 0.05) is 26.2 Å². The van der Waals surface area contributed by atoms with Crippen molar-refractivity contribution in [1.29, 1.82) is 0 Å². The molecule has 0 spiro atoms. The van der Waals surface area contributed by atoms with Crippen LogP contribution in [0.2, 0.25) is 0 Å². The van der Waals surface area contributed by atoms with E-state index in [4.69, 9.17) is 0 Å². The Kier molecular flexibility index (Phi) is 7.10. The lowest BCUT2D eigenvalue weighted by Crippen LogP contribution is -2.26. The molecule has 0 saturated heterocycles. The number of carbonyl (C=O) groups excluding carboxylic acids is 1. The Hall–Kier alpha value is -2.25. The zero-order chi connectivity index (χ0) is 20.0. The fraction of sp³-hybridized carbons (Fsp3) is 0.350. The molecule has 27 heavy (non-hydrogen) atoms. The first-order valence-corrected chi connectivity index (χ1v) is 10.2. The maximum Gasteiger partial charge on any atom is 0.251 e. The van der Waals surface area contributed by atoms with E-state index in [9.17, 15) is 17.6 Å². The van der Waals surface area contributed by atoms with Crippen LogP contribution in [0.4, 0.5) is 4.39 Å². The van der Waals surface area contributed by atoms with E-state index in [2.05, 4.69) is 5.32 Å². The molecule has 0 radical (unpaired) electrons. The SMILES string of the molecule is Cc1ccc(C(=O)NCCCCc2ccccc2F)cc1S(=O)(=O)N(C)C. The van der Waals surface area contributed by atoms with Crippen LogP contribution >= 0.6 is 0 Å². The van der Waals surface area contributed by atoms with Crippen molar-refractivity contribution in [2.24, 2.45) is 0 Å². The van der Waals surface area contributed by atoms with Crippen LogP contribution < -0.4 is 5.32 Å². The van der Waals surface area contributed by atoms with Crippen LogP contribution in [-0.2, 0) is 16.4 Å². The van der Waals surface area contributed by atoms with Gasteiger partial charge in [0.25, 0.3) is 5.91 Å². The molecule has 7 heteroatoms. The van der Waals surface area contributed by atoms with Gasteiger partial charge in [0.05, 0.1) is 4.90 Å². The van der Waals surface area contributed by atoms with E-state index in [0.29, 0.717) is 36.1 Å². The van der Waals surface area contributed by atoms with Crippen molar-refractivity contribution in [3.05, 3.63) is 65.0 Å². The van der Waals surface area contributed by atoms with Gasteiger partial charge in [0.15, 0.2) is 0 Å². The molecule has 0 bridgehead atoms. The van der Waals surface area contributed by atoms with Crippen LogP contribution in [0.25, 0.3) is 0 Å². The number of hydrogen-bond acceptors (Lipinski definition) is 3. The minimum atomic E-state index is -3.61. The first-order chi connectivity index (χ1) is 12.7. The zero-order valence-corrected chi connectivity index (χ0v) is 16.6. The van der Waals surface area contributed by atoms with Gasteiger partial charge in [-0.1, -0.05) is 24.3 Å². The normalized spacial score (nSPS) is 11.6. The Morgan fingerprint density at radius 3 is 2.48 bits per heavy atom. The zero-order valence-electron chi connectivity index (χ0n) is 15.8. The molecule has 2 aromatic rings. The van der Waals surface area contributed by atoms with Crippen LogP contribution in [0.5, 0.6) is 0 Å². The number of aryl methyl sites for hydroxylation is 2. The predicted molar refractivity (Wildman–Crippen MR) is 104 cm³/mol. The number of rotatable bonds is 8. The summed E-state index contributed by atoms with van der Waals surface area (Å²) < 4.78 is 39.4. The number of carbonyl (C=O) groups is 1. The summed E-state index contributed by atoms with van der Waals surface area (Å²) in [6.45, 7) is 2.14. The van der Waals surface area contributed by atoms with Crippen molar-refractivity contribution >= 4 is 15.9 Å². The molecule has 5 nitrogen and oxygen atoms in total. The van der Waals surface area contributed by atoms with E-state index in [-0.39, 0.29) is 16.6 Å². The third-order valence-electron chi connectivity index (χ3n) is 4.33. The number of hydrogen-bond donors (Lipinski definition) is 1. The molecule has 2 aromatic carbocycles. The fourth-order valence-corrected chi connectivity index (χ4v) is 3.81. The lowest BCUT2D eigenvalue weighted by molar-refractivity contribution is 0.0953. The monoisotopic (exact) mass is 392 g/mol. The molecule has 0 heterocycles. The van der Waals surface area contributed by atoms with Crippen LogP contribution in [0.1, 0.15) is 34.3 Å². The summed E-state index contributed by atoms with van der Waals surface area (Å²) in [6.07, 6.45) is 2.06. The number of amides is 1. The van der Waals surface area contributed by atoms with Gasteiger partial charge in [-0.25, -0.2) is 17.1 Å². The number of halogens is 1. The number of nitrogens with zero attached hydrogens (tertiary/aromatic N) is 1. The van der Waals surface area contributed by atoms with Crippen molar-refractivity contribution in [1.82, 2.24) is 9.62 Å². The third kappa shape index (κ3) is 5.37. The van der Waals surface area contributed by atoms with Crippen molar-refractivity contribution in [3.8, 4) is 0 Å². The Morgan fingerprint density at radius 1 is 1.11 bits per heavy atom. The molecule has 0 saturated carbocycles. The van der Waals surface area contributed by atoms with Gasteiger partial charge in [-0.3, -0.25) is 4.79 Å². The highest BCUT2D eigenvalue weighted by Crippen LogP contribution is 2.20. The van der Waals surface area contributed by atoms with Crippen molar-refractivity contribution in [2.75, 3.05) is 20.6 Å². The van der Waals surface area contributed by atoms with Crippen LogP contribution in [0, 0.1) is 12.7 Å². The number of nitrogens with one attached hydrogen (secondary N) is 1. The minimum absolute atomic E-state index is 0.125. The first-order valence-electron chi connectivity index (χ1n) is 8.78. The summed E-state index contributed by atoms with van der Waals surface area (Å²) >= 11 is 0. The molecular formula is C20H25FN2O3S. The van der Waals surface area contributed by atoms with Gasteiger partial charge in [-0.05, 0) is 55.5 Å². The summed E-state index contributed by atoms with van der Waals surface area (Å²) in [5, 5.41) is 2.79. The standard InChI is InChI=1S/C20H25FN2O3S/c1-15-11-12-17(14-19(15)27(25,26)23(2)3)20(24)22-13-7-6-9-16-8-4-5-10-18(16)21/h4-5,8,10-12,14H,6-7,9,13H2,1-3H3,(H,22,24). The van der Waals surface area contributed by atoms with Crippen LogP contribution in [0.3, 0.4) is 0 Å². The molecule has 0 unspecified atom stereocenters. The van der Waals surface area contributed by atoms with Crippen molar-refractivity contribution < 1.29 is 17.6 Å². The largest absolute Gasteiger partial charge is 0.352 e. The number of benzene rings is 2. The maximum absolute atomic E-state index is 13.5. The van der Waals surface area contributed by atoms with Gasteiger partial charge >= 0.3 is 0 Å². The average molecular weight is 392 g/mol. The Balaban J connectivity index is 1.92. The molecule has 0 aliphatic carbocycles. The lowest BCUT2D eigenvalue weighted by atomic mass is 10.1. The summed E-state index contributed by atoms with van der Waals surface area (Å²) in [7, 11) is -0.699. The second kappa shape index (κ2) is 9.10. The molecule has 0 fully saturated rings. The fourth-order valence-electron chi connectivity index (χ4n) is 2.66. The van der Waals surface area contributed by atoms with E-state index in [1.807, 2.05) is 0 Å². The van der Waals surface area contributed by atoms with E-state index < -0.39 is 10.0 Å². The highest BCUT2D eigenvalue weighted by Gasteiger charge is 2.21. The van der Waals surface area contributed by atoms with Gasteiger partial charge in [0.2, 0.25) is 10.0 Å². The lowest BCUT2D eigenvalue weighted by Gasteiger charge is -2.14. The van der Waals surface area contributed by atoms with Gasteiger partial charge in [0.1, 0.15) is 5.82 Å². The Labute approximate surface area is 160 Å². The van der Waals surface area contributed by atoms with E-state index in [1.165, 1.54) is 26.2 Å². The highest BCUT2D eigenvalue weighted by molar-refractivity contribution is 7.89. The molecule has 0 aromatic heterocycles. The maximum atomic E-state index is 13.5. The topological polar surface area (TPSA) is 66.5 Å². The second-order valence-electron chi connectivity index (χ2n) is 6.57. The molecule has 1 amide bonds. The van der Waals surface area contributed by atoms with Crippen LogP contribution in [-0.4, -0.2) is 39.3 Å². The Bertz CT molecular complexity index is 911. The van der Waals surface area contributed by atoms with Gasteiger partial charge in [-0.2, -0.15) is 0 Å². The summed E-state index contributed by atoms with van der Waals surface area (Å²) in [4.78, 5) is 12.4. The summed E-state index contributed by atoms with van der Waals surface area (Å²) in [6, 6.07) is 11.3. The average Bonchev–Trinajstić information content (AvgIpc) is 2.62.